The van der Waals surface area contributed by atoms with Crippen LogP contribution in [0, 0.1) is 11.9 Å². The van der Waals surface area contributed by atoms with Crippen LogP contribution in [0.5, 0.6) is 17.4 Å². The van der Waals surface area contributed by atoms with E-state index in [-0.39, 0.29) is 40.2 Å². The van der Waals surface area contributed by atoms with Gasteiger partial charge in [0.15, 0.2) is 4.90 Å². The maximum Gasteiger partial charge on any atom is 0.296 e. The van der Waals surface area contributed by atoms with Crippen molar-refractivity contribution in [2.75, 3.05) is 14.2 Å². The van der Waals surface area contributed by atoms with Gasteiger partial charge in [-0.25, -0.2) is 13.4 Å². The summed E-state index contributed by atoms with van der Waals surface area (Å²) in [6.45, 7) is 3.99. The van der Waals surface area contributed by atoms with Gasteiger partial charge >= 0.3 is 0 Å². The molecule has 2 heterocycles. The van der Waals surface area contributed by atoms with Gasteiger partial charge in [-0.15, -0.1) is 0 Å². The molecule has 0 aliphatic heterocycles. The van der Waals surface area contributed by atoms with Crippen LogP contribution in [0.25, 0.3) is 16.8 Å². The number of para-hydroxylation sites is 1. The van der Waals surface area contributed by atoms with E-state index < -0.39 is 32.1 Å². The van der Waals surface area contributed by atoms with Crippen LogP contribution in [0.1, 0.15) is 26.1 Å². The van der Waals surface area contributed by atoms with Gasteiger partial charge in [-0.2, -0.15) is 9.37 Å². The normalized spacial score (nSPS) is 11.5. The maximum absolute atomic E-state index is 13.7. The summed E-state index contributed by atoms with van der Waals surface area (Å²) < 4.78 is 52.8. The number of hydrogen-bond acceptors (Lipinski definition) is 8. The Kier molecular flexibility index (Phi) is 8.01. The summed E-state index contributed by atoms with van der Waals surface area (Å²) in [7, 11) is -1.68. The Balaban J connectivity index is 1.92. The van der Waals surface area contributed by atoms with E-state index >= 15 is 0 Å². The third-order valence-electron chi connectivity index (χ3n) is 6.16. The molecule has 39 heavy (non-hydrogen) atoms. The van der Waals surface area contributed by atoms with E-state index in [0.717, 1.165) is 0 Å². The lowest BCUT2D eigenvalue weighted by atomic mass is 10.1. The molecular formula is C28H28FN3O6S. The molecule has 0 atom stereocenters. The van der Waals surface area contributed by atoms with E-state index in [4.69, 9.17) is 9.47 Å². The average molecular weight is 554 g/mol. The second kappa shape index (κ2) is 11.2. The molecule has 0 aliphatic carbocycles. The number of nitrogens with zero attached hydrogens (tertiary/aromatic N) is 3. The van der Waals surface area contributed by atoms with Crippen molar-refractivity contribution in [1.29, 1.82) is 0 Å². The molecule has 0 aliphatic rings. The van der Waals surface area contributed by atoms with Crippen LogP contribution in [0.4, 0.5) is 4.39 Å². The molecule has 2 aromatic heterocycles. The predicted octanol–water partition coefficient (Wildman–Crippen LogP) is 4.58. The second-order valence-electron chi connectivity index (χ2n) is 9.16. The highest BCUT2D eigenvalue weighted by Crippen LogP contribution is 2.38. The molecule has 2 aromatic carbocycles. The van der Waals surface area contributed by atoms with E-state index in [9.17, 15) is 22.7 Å². The lowest BCUT2D eigenvalue weighted by molar-refractivity contribution is 0.373. The van der Waals surface area contributed by atoms with Crippen molar-refractivity contribution in [2.45, 2.75) is 36.5 Å². The van der Waals surface area contributed by atoms with Crippen LogP contribution in [0.2, 0.25) is 0 Å². The van der Waals surface area contributed by atoms with Crippen LogP contribution >= 0.6 is 0 Å². The quantitative estimate of drug-likeness (QED) is 0.299. The van der Waals surface area contributed by atoms with Gasteiger partial charge in [-0.3, -0.25) is 9.36 Å². The minimum absolute atomic E-state index is 0.159. The van der Waals surface area contributed by atoms with E-state index in [2.05, 4.69) is 9.97 Å². The van der Waals surface area contributed by atoms with E-state index in [1.807, 2.05) is 13.8 Å². The van der Waals surface area contributed by atoms with E-state index in [0.29, 0.717) is 17.5 Å². The molecule has 0 saturated carbocycles. The fourth-order valence-corrected chi connectivity index (χ4v) is 5.47. The van der Waals surface area contributed by atoms with Gasteiger partial charge in [-0.05, 0) is 54.3 Å². The molecule has 11 heteroatoms. The summed E-state index contributed by atoms with van der Waals surface area (Å²) in [4.78, 5) is 19.8. The third-order valence-corrected chi connectivity index (χ3v) is 7.95. The van der Waals surface area contributed by atoms with Crippen molar-refractivity contribution in [2.24, 2.45) is 5.92 Å². The molecule has 0 spiro atoms. The summed E-state index contributed by atoms with van der Waals surface area (Å²) >= 11 is 0. The number of sulfone groups is 1. The van der Waals surface area contributed by atoms with E-state index in [1.165, 1.54) is 61.4 Å². The number of halogens is 1. The molecule has 4 aromatic rings. The lowest BCUT2D eigenvalue weighted by Crippen LogP contribution is -2.25. The molecule has 204 valence electrons. The number of benzene rings is 2. The summed E-state index contributed by atoms with van der Waals surface area (Å²) in [5, 5.41) is 11.5. The van der Waals surface area contributed by atoms with Crippen molar-refractivity contribution >= 4 is 9.84 Å². The van der Waals surface area contributed by atoms with Gasteiger partial charge < -0.3 is 14.6 Å². The zero-order valence-corrected chi connectivity index (χ0v) is 22.7. The van der Waals surface area contributed by atoms with Crippen LogP contribution in [-0.2, 0) is 16.3 Å². The summed E-state index contributed by atoms with van der Waals surface area (Å²) in [5.41, 5.74) is 0.291. The average Bonchev–Trinajstić information content (AvgIpc) is 2.91. The highest BCUT2D eigenvalue weighted by atomic mass is 32.2. The van der Waals surface area contributed by atoms with Crippen LogP contribution in [-0.4, -0.2) is 42.3 Å². The summed E-state index contributed by atoms with van der Waals surface area (Å²) in [5.74, 6) is -0.477. The molecule has 4 rings (SSSR count). The first-order chi connectivity index (χ1) is 18.6. The Morgan fingerprint density at radius 1 is 0.974 bits per heavy atom. The molecule has 9 nitrogen and oxygen atoms in total. The zero-order chi connectivity index (χ0) is 28.3. The molecule has 0 bridgehead atoms. The fourth-order valence-electron chi connectivity index (χ4n) is 4.14. The number of aromatic hydroxyl groups is 1. The molecule has 1 N–H and O–H groups in total. The highest BCUT2D eigenvalue weighted by molar-refractivity contribution is 7.91. The monoisotopic (exact) mass is 553 g/mol. The smallest absolute Gasteiger partial charge is 0.296 e. The van der Waals surface area contributed by atoms with Gasteiger partial charge in [0.25, 0.3) is 5.56 Å². The predicted molar refractivity (Wildman–Crippen MR) is 143 cm³/mol. The second-order valence-corrected chi connectivity index (χ2v) is 11.0. The Morgan fingerprint density at radius 3 is 2.13 bits per heavy atom. The number of ether oxygens (including phenoxy) is 2. The van der Waals surface area contributed by atoms with Crippen LogP contribution in [0.3, 0.4) is 0 Å². The van der Waals surface area contributed by atoms with Gasteiger partial charge in [-0.1, -0.05) is 32.0 Å². The Morgan fingerprint density at radius 2 is 1.59 bits per heavy atom. The highest BCUT2D eigenvalue weighted by Gasteiger charge is 2.32. The minimum Gasteiger partial charge on any atom is -0.494 e. The van der Waals surface area contributed by atoms with Gasteiger partial charge in [0.05, 0.1) is 19.1 Å². The Labute approximate surface area is 225 Å². The first-order valence-electron chi connectivity index (χ1n) is 12.1. The molecule has 0 amide bonds. The molecule has 0 fully saturated rings. The minimum atomic E-state index is -4.53. The van der Waals surface area contributed by atoms with Gasteiger partial charge in [0.2, 0.25) is 21.7 Å². The van der Waals surface area contributed by atoms with Gasteiger partial charge in [0.1, 0.15) is 23.0 Å². The first-order valence-corrected chi connectivity index (χ1v) is 13.6. The SMILES string of the molecule is COc1cccc(OC)c1-n1c(CCC(C)C)nc(=O)c(S(=O)(=O)c2ccc(-c3ccc(F)nc3)cc2)c1O. The Bertz CT molecular complexity index is 1630. The van der Waals surface area contributed by atoms with Crippen LogP contribution < -0.4 is 15.0 Å². The number of aromatic nitrogens is 3. The van der Waals surface area contributed by atoms with Crippen LogP contribution in [0.15, 0.2) is 75.4 Å². The number of rotatable bonds is 9. The fraction of sp³-hybridized carbons (Fsp3) is 0.250. The van der Waals surface area contributed by atoms with E-state index in [1.54, 1.807) is 18.2 Å². The van der Waals surface area contributed by atoms with Crippen molar-refractivity contribution in [1.82, 2.24) is 14.5 Å². The lowest BCUT2D eigenvalue weighted by Gasteiger charge is -2.21. The molecular weight excluding hydrogens is 525 g/mol. The number of pyridine rings is 1. The van der Waals surface area contributed by atoms with Crippen molar-refractivity contribution in [3.05, 3.63) is 82.9 Å². The first kappa shape index (κ1) is 27.8. The number of aryl methyl sites for hydroxylation is 1. The third kappa shape index (κ3) is 5.49. The molecule has 0 saturated heterocycles. The topological polar surface area (TPSA) is 121 Å². The summed E-state index contributed by atoms with van der Waals surface area (Å²) in [6, 6.07) is 13.2. The van der Waals surface area contributed by atoms with Crippen molar-refractivity contribution < 1.29 is 27.4 Å². The molecule has 0 radical (unpaired) electrons. The van der Waals surface area contributed by atoms with Crippen molar-refractivity contribution in [3.8, 4) is 34.2 Å². The molecule has 0 unspecified atom stereocenters. The number of methoxy groups -OCH3 is 2. The largest absolute Gasteiger partial charge is 0.494 e. The zero-order valence-electron chi connectivity index (χ0n) is 21.9. The maximum atomic E-state index is 13.7. The number of hydrogen-bond donors (Lipinski definition) is 1. The van der Waals surface area contributed by atoms with Crippen molar-refractivity contribution in [3.63, 3.8) is 0 Å². The Hall–Kier alpha value is -4.25. The summed E-state index contributed by atoms with van der Waals surface area (Å²) in [6.07, 6.45) is 2.22. The standard InChI is InChI=1S/C28H28FN3O6S/c1-17(2)8-15-24-31-27(33)26(28(34)32(24)25-21(37-3)6-5-7-22(25)38-4)39(35,36)20-12-9-18(10-13-20)19-11-14-23(29)30-16-19/h5-7,9-14,16-17,34H,8,15H2,1-4H3. The van der Waals surface area contributed by atoms with Gasteiger partial charge in [0, 0.05) is 18.2 Å².